The first-order chi connectivity index (χ1) is 14.1. The predicted octanol–water partition coefficient (Wildman–Crippen LogP) is 3.22. The number of nitro benzene ring substituents is 1. The van der Waals surface area contributed by atoms with Gasteiger partial charge in [0.2, 0.25) is 15.9 Å². The second-order valence-corrected chi connectivity index (χ2v) is 8.89. The summed E-state index contributed by atoms with van der Waals surface area (Å²) in [6.07, 6.45) is 0.450. The Hall–Kier alpha value is -2.92. The number of nitrogens with one attached hydrogen (secondary N) is 1. The summed E-state index contributed by atoms with van der Waals surface area (Å²) in [6, 6.07) is 6.75. The molecule has 8 nitrogen and oxygen atoms in total. The van der Waals surface area contributed by atoms with Crippen molar-refractivity contribution in [1.29, 1.82) is 0 Å². The molecule has 0 bridgehead atoms. The van der Waals surface area contributed by atoms with Crippen LogP contribution in [0.2, 0.25) is 0 Å². The summed E-state index contributed by atoms with van der Waals surface area (Å²) >= 11 is 0. The molecule has 1 aliphatic rings. The van der Waals surface area contributed by atoms with Gasteiger partial charge in [-0.05, 0) is 44.0 Å². The summed E-state index contributed by atoms with van der Waals surface area (Å²) < 4.78 is 52.9. The molecule has 0 radical (unpaired) electrons. The number of nitrogens with zero attached hydrogens (tertiary/aromatic N) is 2. The molecular formula is C19H19F2N3O5S. The van der Waals surface area contributed by atoms with Gasteiger partial charge in [0, 0.05) is 25.1 Å². The molecule has 30 heavy (non-hydrogen) atoms. The molecule has 1 saturated heterocycles. The average Bonchev–Trinajstić information content (AvgIpc) is 2.71. The van der Waals surface area contributed by atoms with Gasteiger partial charge in [-0.2, -0.15) is 4.31 Å². The highest BCUT2D eigenvalue weighted by molar-refractivity contribution is 7.89. The maximum Gasteiger partial charge on any atom is 0.274 e. The first kappa shape index (κ1) is 21.8. The first-order valence-electron chi connectivity index (χ1n) is 9.11. The summed E-state index contributed by atoms with van der Waals surface area (Å²) in [5.74, 6) is -3.23. The fourth-order valence-corrected chi connectivity index (χ4v) is 4.82. The van der Waals surface area contributed by atoms with E-state index in [1.54, 1.807) is 6.07 Å². The van der Waals surface area contributed by atoms with E-state index in [2.05, 4.69) is 5.32 Å². The highest BCUT2D eigenvalue weighted by Gasteiger charge is 2.33. The van der Waals surface area contributed by atoms with Gasteiger partial charge >= 0.3 is 0 Å². The topological polar surface area (TPSA) is 110 Å². The highest BCUT2D eigenvalue weighted by Crippen LogP contribution is 2.28. The van der Waals surface area contributed by atoms with Gasteiger partial charge in [0.05, 0.1) is 21.1 Å². The minimum absolute atomic E-state index is 0.0351. The monoisotopic (exact) mass is 439 g/mol. The van der Waals surface area contributed by atoms with Crippen LogP contribution in [0.25, 0.3) is 0 Å². The van der Waals surface area contributed by atoms with Crippen molar-refractivity contribution in [3.63, 3.8) is 0 Å². The molecule has 0 aromatic heterocycles. The molecule has 0 unspecified atom stereocenters. The second-order valence-electron chi connectivity index (χ2n) is 6.95. The summed E-state index contributed by atoms with van der Waals surface area (Å²) in [7, 11) is -4.01. The summed E-state index contributed by atoms with van der Waals surface area (Å²) in [5.41, 5.74) is 0.542. The second kappa shape index (κ2) is 8.44. The van der Waals surface area contributed by atoms with Gasteiger partial charge in [0.25, 0.3) is 5.69 Å². The normalized spacial score (nSPS) is 15.7. The van der Waals surface area contributed by atoms with Crippen LogP contribution in [0, 0.1) is 34.6 Å². The SMILES string of the molecule is Cc1c(NC(=O)C2CCN(S(=O)(=O)c3ccc(F)c(F)c3)CC2)cccc1[N+](=O)[O-]. The lowest BCUT2D eigenvalue weighted by Gasteiger charge is -2.30. The van der Waals surface area contributed by atoms with Gasteiger partial charge in [-0.1, -0.05) is 6.07 Å². The molecule has 1 fully saturated rings. The number of anilines is 1. The van der Waals surface area contributed by atoms with E-state index in [-0.39, 0.29) is 42.4 Å². The fraction of sp³-hybridized carbons (Fsp3) is 0.316. The third-order valence-electron chi connectivity index (χ3n) is 5.11. The highest BCUT2D eigenvalue weighted by atomic mass is 32.2. The largest absolute Gasteiger partial charge is 0.325 e. The molecule has 2 aromatic rings. The van der Waals surface area contributed by atoms with Crippen LogP contribution >= 0.6 is 0 Å². The Morgan fingerprint density at radius 3 is 2.43 bits per heavy atom. The molecule has 0 atom stereocenters. The van der Waals surface area contributed by atoms with E-state index in [9.17, 15) is 32.1 Å². The minimum Gasteiger partial charge on any atom is -0.325 e. The smallest absolute Gasteiger partial charge is 0.274 e. The van der Waals surface area contributed by atoms with Crippen LogP contribution in [-0.2, 0) is 14.8 Å². The molecule has 11 heteroatoms. The predicted molar refractivity (Wildman–Crippen MR) is 104 cm³/mol. The van der Waals surface area contributed by atoms with Crippen LogP contribution in [0.15, 0.2) is 41.3 Å². The number of sulfonamides is 1. The molecule has 160 valence electrons. The van der Waals surface area contributed by atoms with E-state index in [0.717, 1.165) is 16.4 Å². The first-order valence-corrected chi connectivity index (χ1v) is 10.6. The number of rotatable bonds is 5. The van der Waals surface area contributed by atoms with Crippen molar-refractivity contribution in [2.75, 3.05) is 18.4 Å². The number of hydrogen-bond acceptors (Lipinski definition) is 5. The Morgan fingerprint density at radius 2 is 1.83 bits per heavy atom. The Labute approximate surface area is 171 Å². The summed E-state index contributed by atoms with van der Waals surface area (Å²) in [5, 5.41) is 13.7. The lowest BCUT2D eigenvalue weighted by molar-refractivity contribution is -0.385. The number of amides is 1. The van der Waals surface area contributed by atoms with Crippen molar-refractivity contribution >= 4 is 27.3 Å². The minimum atomic E-state index is -4.01. The van der Waals surface area contributed by atoms with Gasteiger partial charge in [-0.15, -0.1) is 0 Å². The Bertz CT molecular complexity index is 1100. The van der Waals surface area contributed by atoms with Gasteiger partial charge in [-0.25, -0.2) is 17.2 Å². The molecule has 1 amide bonds. The van der Waals surface area contributed by atoms with Crippen molar-refractivity contribution in [3.8, 4) is 0 Å². The van der Waals surface area contributed by atoms with Gasteiger partial charge in [0.15, 0.2) is 11.6 Å². The zero-order valence-electron chi connectivity index (χ0n) is 16.0. The molecule has 3 rings (SSSR count). The third kappa shape index (κ3) is 4.31. The van der Waals surface area contributed by atoms with Crippen LogP contribution in [0.3, 0.4) is 0 Å². The van der Waals surface area contributed by atoms with E-state index in [4.69, 9.17) is 0 Å². The number of carbonyl (C=O) groups is 1. The Kier molecular flexibility index (Phi) is 6.13. The number of halogens is 2. The maximum atomic E-state index is 13.4. The van der Waals surface area contributed by atoms with Crippen molar-refractivity contribution in [3.05, 3.63) is 63.7 Å². The number of nitro groups is 1. The van der Waals surface area contributed by atoms with Crippen molar-refractivity contribution in [2.24, 2.45) is 5.92 Å². The van der Waals surface area contributed by atoms with Crippen LogP contribution in [0.4, 0.5) is 20.2 Å². The molecule has 0 aliphatic carbocycles. The lowest BCUT2D eigenvalue weighted by Crippen LogP contribution is -2.41. The maximum absolute atomic E-state index is 13.4. The van der Waals surface area contributed by atoms with Crippen LogP contribution in [0.1, 0.15) is 18.4 Å². The van der Waals surface area contributed by atoms with E-state index in [1.807, 2.05) is 0 Å². The van der Waals surface area contributed by atoms with E-state index in [1.165, 1.54) is 19.1 Å². The number of piperidine rings is 1. The van der Waals surface area contributed by atoms with Crippen LogP contribution in [-0.4, -0.2) is 36.6 Å². The molecule has 1 aliphatic heterocycles. The number of hydrogen-bond donors (Lipinski definition) is 1. The Morgan fingerprint density at radius 1 is 1.17 bits per heavy atom. The van der Waals surface area contributed by atoms with E-state index >= 15 is 0 Å². The zero-order chi connectivity index (χ0) is 22.1. The Balaban J connectivity index is 1.67. The summed E-state index contributed by atoms with van der Waals surface area (Å²) in [6.45, 7) is 1.60. The molecule has 1 heterocycles. The van der Waals surface area contributed by atoms with Gasteiger partial charge in [-0.3, -0.25) is 14.9 Å². The third-order valence-corrected chi connectivity index (χ3v) is 7.01. The molecule has 0 spiro atoms. The standard InChI is InChI=1S/C19H19F2N3O5S/c1-12-17(3-2-4-18(12)24(26)27)22-19(25)13-7-9-23(10-8-13)30(28,29)14-5-6-15(20)16(21)11-14/h2-6,11,13H,7-10H2,1H3,(H,22,25). The quantitative estimate of drug-likeness (QED) is 0.568. The van der Waals surface area contributed by atoms with E-state index < -0.39 is 32.5 Å². The van der Waals surface area contributed by atoms with Gasteiger partial charge < -0.3 is 5.32 Å². The average molecular weight is 439 g/mol. The fourth-order valence-electron chi connectivity index (χ4n) is 3.34. The number of carbonyl (C=O) groups excluding carboxylic acids is 1. The van der Waals surface area contributed by atoms with Crippen molar-refractivity contribution < 1.29 is 26.9 Å². The van der Waals surface area contributed by atoms with Crippen molar-refractivity contribution in [1.82, 2.24) is 4.31 Å². The molecular weight excluding hydrogens is 420 g/mol. The number of benzene rings is 2. The molecule has 2 aromatic carbocycles. The van der Waals surface area contributed by atoms with Crippen molar-refractivity contribution in [2.45, 2.75) is 24.7 Å². The lowest BCUT2D eigenvalue weighted by atomic mass is 9.97. The summed E-state index contributed by atoms with van der Waals surface area (Å²) in [4.78, 5) is 22.7. The van der Waals surface area contributed by atoms with Crippen LogP contribution in [0.5, 0.6) is 0 Å². The van der Waals surface area contributed by atoms with Crippen LogP contribution < -0.4 is 5.32 Å². The molecule has 0 saturated carbocycles. The van der Waals surface area contributed by atoms with Gasteiger partial charge in [0.1, 0.15) is 0 Å². The molecule has 1 N–H and O–H groups in total. The van der Waals surface area contributed by atoms with E-state index in [0.29, 0.717) is 17.3 Å². The zero-order valence-corrected chi connectivity index (χ0v) is 16.8.